The number of pyridine rings is 2. The average Bonchev–Trinajstić information content (AvgIpc) is 2.88. The van der Waals surface area contributed by atoms with Gasteiger partial charge in [-0.3, -0.25) is 19.8 Å². The van der Waals surface area contributed by atoms with E-state index in [2.05, 4.69) is 21.9 Å². The number of carbonyl (C=O) groups excluding carboxylic acids is 1. The topological polar surface area (TPSA) is 58.5 Å². The van der Waals surface area contributed by atoms with E-state index in [-0.39, 0.29) is 5.78 Å². The summed E-state index contributed by atoms with van der Waals surface area (Å²) in [6, 6.07) is 8.04. The van der Waals surface area contributed by atoms with Crippen molar-refractivity contribution in [1.82, 2.24) is 14.9 Å². The standard InChI is InChI=1S/C24H24N4O/c1-28-17-11-14-8-15(12-17)10-16(9-14)20(28)13-27-23-18-4-2-6-25-21(18)22-19(24(23)29)5-3-7-26-22/h2-7,13-17H,8-12H2,1H3/b20-13+,27-23?/t14-,15+,16?,17?. The van der Waals surface area contributed by atoms with Gasteiger partial charge in [0.2, 0.25) is 5.78 Å². The predicted molar refractivity (Wildman–Crippen MR) is 112 cm³/mol. The molecule has 4 bridgehead atoms. The Hall–Kier alpha value is -2.82. The summed E-state index contributed by atoms with van der Waals surface area (Å²) < 4.78 is 0. The van der Waals surface area contributed by atoms with Gasteiger partial charge in [0.1, 0.15) is 11.4 Å². The molecule has 0 radical (unpaired) electrons. The van der Waals surface area contributed by atoms with Gasteiger partial charge in [-0.2, -0.15) is 0 Å². The van der Waals surface area contributed by atoms with Crippen LogP contribution in [-0.4, -0.2) is 39.5 Å². The first-order valence-electron chi connectivity index (χ1n) is 10.6. The number of allylic oxidation sites excluding steroid dienone is 1. The molecule has 3 aliphatic carbocycles. The van der Waals surface area contributed by atoms with Crippen molar-refractivity contribution in [2.45, 2.75) is 38.1 Å². The lowest BCUT2D eigenvalue weighted by atomic mass is 9.68. The number of Topliss-reactive ketones (excluding diaryl/α,β-unsaturated/α-hetero) is 1. The van der Waals surface area contributed by atoms with E-state index < -0.39 is 0 Å². The summed E-state index contributed by atoms with van der Waals surface area (Å²) in [6.07, 6.45) is 12.0. The lowest BCUT2D eigenvalue weighted by molar-refractivity contribution is 0.106. The highest BCUT2D eigenvalue weighted by Gasteiger charge is 2.43. The van der Waals surface area contributed by atoms with Crippen LogP contribution in [-0.2, 0) is 0 Å². The maximum Gasteiger partial charge on any atom is 0.214 e. The van der Waals surface area contributed by atoms with Crippen molar-refractivity contribution in [1.29, 1.82) is 0 Å². The molecule has 7 rings (SSSR count). The number of rotatable bonds is 1. The Morgan fingerprint density at radius 1 is 0.966 bits per heavy atom. The number of aromatic nitrogens is 2. The smallest absolute Gasteiger partial charge is 0.214 e. The second kappa shape index (κ2) is 6.34. The van der Waals surface area contributed by atoms with Crippen LogP contribution in [0.5, 0.6) is 0 Å². The summed E-state index contributed by atoms with van der Waals surface area (Å²) >= 11 is 0. The lowest BCUT2D eigenvalue weighted by Gasteiger charge is -2.38. The molecule has 2 saturated heterocycles. The minimum absolute atomic E-state index is 0.0625. The van der Waals surface area contributed by atoms with E-state index in [0.29, 0.717) is 28.9 Å². The molecule has 5 nitrogen and oxygen atoms in total. The van der Waals surface area contributed by atoms with E-state index in [1.807, 2.05) is 24.4 Å². The van der Waals surface area contributed by atoms with Crippen LogP contribution in [0.15, 0.2) is 53.5 Å². The van der Waals surface area contributed by atoms with Crippen molar-refractivity contribution in [3.8, 4) is 11.4 Å². The second-order valence-corrected chi connectivity index (χ2v) is 9.03. The number of hydrogen-bond donors (Lipinski definition) is 0. The summed E-state index contributed by atoms with van der Waals surface area (Å²) in [4.78, 5) is 29.4. The number of aliphatic imine (C=N–C) groups is 1. The van der Waals surface area contributed by atoms with E-state index in [1.54, 1.807) is 18.5 Å². The highest BCUT2D eigenvalue weighted by Crippen LogP contribution is 2.50. The molecule has 4 heterocycles. The Balaban J connectivity index is 1.46. The lowest BCUT2D eigenvalue weighted by Crippen LogP contribution is -2.34. The molecular weight excluding hydrogens is 360 g/mol. The van der Waals surface area contributed by atoms with Crippen LogP contribution >= 0.6 is 0 Å². The molecule has 2 aromatic heterocycles. The monoisotopic (exact) mass is 384 g/mol. The van der Waals surface area contributed by atoms with Gasteiger partial charge in [0, 0.05) is 48.9 Å². The largest absolute Gasteiger partial charge is 0.373 e. The van der Waals surface area contributed by atoms with Gasteiger partial charge in [0.05, 0.1) is 11.3 Å². The quantitative estimate of drug-likeness (QED) is 0.742. The first kappa shape index (κ1) is 17.1. The molecule has 4 fully saturated rings. The van der Waals surface area contributed by atoms with E-state index in [0.717, 1.165) is 23.1 Å². The molecule has 29 heavy (non-hydrogen) atoms. The van der Waals surface area contributed by atoms with E-state index in [9.17, 15) is 4.79 Å². The minimum atomic E-state index is -0.0625. The number of nitrogens with zero attached hydrogens (tertiary/aromatic N) is 4. The molecule has 4 atom stereocenters. The van der Waals surface area contributed by atoms with Gasteiger partial charge in [0.25, 0.3) is 0 Å². The highest BCUT2D eigenvalue weighted by molar-refractivity contribution is 6.54. The summed E-state index contributed by atoms with van der Waals surface area (Å²) in [7, 11) is 2.22. The Labute approximate surface area is 170 Å². The van der Waals surface area contributed by atoms with Crippen LogP contribution < -0.4 is 0 Å². The second-order valence-electron chi connectivity index (χ2n) is 9.03. The first-order chi connectivity index (χ1) is 14.2. The van der Waals surface area contributed by atoms with Gasteiger partial charge in [-0.25, -0.2) is 0 Å². The zero-order chi connectivity index (χ0) is 19.5. The molecule has 2 saturated carbocycles. The third kappa shape index (κ3) is 2.60. The minimum Gasteiger partial charge on any atom is -0.373 e. The predicted octanol–water partition coefficient (Wildman–Crippen LogP) is 4.11. The van der Waals surface area contributed by atoms with Crippen molar-refractivity contribution in [3.05, 3.63) is 59.7 Å². The molecule has 2 aromatic rings. The molecule has 0 N–H and O–H groups in total. The molecule has 146 valence electrons. The van der Waals surface area contributed by atoms with Gasteiger partial charge >= 0.3 is 0 Å². The van der Waals surface area contributed by atoms with Crippen LogP contribution in [0.25, 0.3) is 11.4 Å². The van der Waals surface area contributed by atoms with Crippen molar-refractivity contribution >= 4 is 11.5 Å². The molecule has 0 spiro atoms. The maximum atomic E-state index is 13.2. The van der Waals surface area contributed by atoms with E-state index in [1.165, 1.54) is 37.8 Å². The SMILES string of the molecule is CN1/C(=C/N=C2C(=O)c3cccnc3-c3ncccc32)C2C[C@@H]3CC1C[C@H](C2)C3. The van der Waals surface area contributed by atoms with E-state index in [4.69, 9.17) is 4.99 Å². The molecule has 0 amide bonds. The third-order valence-electron chi connectivity index (χ3n) is 7.37. The third-order valence-corrected chi connectivity index (χ3v) is 7.37. The first-order valence-corrected chi connectivity index (χ1v) is 10.6. The van der Waals surface area contributed by atoms with Gasteiger partial charge in [-0.05, 0) is 68.2 Å². The Morgan fingerprint density at radius 3 is 2.34 bits per heavy atom. The van der Waals surface area contributed by atoms with Crippen LogP contribution in [0.1, 0.15) is 48.0 Å². The normalized spacial score (nSPS) is 32.4. The highest BCUT2D eigenvalue weighted by atomic mass is 16.1. The van der Waals surface area contributed by atoms with Crippen molar-refractivity contribution in [2.75, 3.05) is 7.05 Å². The summed E-state index contributed by atoms with van der Waals surface area (Å²) in [5, 5.41) is 0. The van der Waals surface area contributed by atoms with Crippen molar-refractivity contribution in [3.63, 3.8) is 0 Å². The van der Waals surface area contributed by atoms with E-state index >= 15 is 0 Å². The molecule has 5 aliphatic rings. The average molecular weight is 384 g/mol. The fourth-order valence-corrected chi connectivity index (χ4v) is 6.14. The van der Waals surface area contributed by atoms with Crippen LogP contribution in [0, 0.1) is 17.8 Å². The Morgan fingerprint density at radius 2 is 1.62 bits per heavy atom. The van der Waals surface area contributed by atoms with Gasteiger partial charge < -0.3 is 4.90 Å². The fraction of sp³-hybridized carbons (Fsp3) is 0.417. The van der Waals surface area contributed by atoms with Crippen LogP contribution in [0.2, 0.25) is 0 Å². The zero-order valence-electron chi connectivity index (χ0n) is 16.6. The summed E-state index contributed by atoms with van der Waals surface area (Å²) in [6.45, 7) is 0. The molecule has 0 aromatic carbocycles. The molecular formula is C24H24N4O. The van der Waals surface area contributed by atoms with Gasteiger partial charge in [0.15, 0.2) is 0 Å². The Kier molecular flexibility index (Phi) is 3.73. The zero-order valence-corrected chi connectivity index (χ0v) is 16.6. The number of carbonyl (C=O) groups is 1. The number of fused-ring (bicyclic) bond motifs is 4. The fourth-order valence-electron chi connectivity index (χ4n) is 6.14. The number of hydrogen-bond acceptors (Lipinski definition) is 5. The Bertz CT molecular complexity index is 1060. The van der Waals surface area contributed by atoms with Crippen molar-refractivity contribution in [2.24, 2.45) is 22.7 Å². The summed E-state index contributed by atoms with van der Waals surface area (Å²) in [5.41, 5.74) is 4.56. The molecule has 2 aliphatic heterocycles. The van der Waals surface area contributed by atoms with Crippen molar-refractivity contribution < 1.29 is 4.79 Å². The van der Waals surface area contributed by atoms with Crippen LogP contribution in [0.3, 0.4) is 0 Å². The van der Waals surface area contributed by atoms with Gasteiger partial charge in [-0.15, -0.1) is 0 Å². The van der Waals surface area contributed by atoms with Gasteiger partial charge in [-0.1, -0.05) is 0 Å². The molecule has 5 heteroatoms. The maximum absolute atomic E-state index is 13.2. The van der Waals surface area contributed by atoms with Crippen LogP contribution in [0.4, 0.5) is 0 Å². The molecule has 2 unspecified atom stereocenters. The summed E-state index contributed by atoms with van der Waals surface area (Å²) in [5.74, 6) is 2.23. The number of ketones is 1.